The number of hydrogen-bond donors (Lipinski definition) is 1. The van der Waals surface area contributed by atoms with E-state index in [9.17, 15) is 4.79 Å². The van der Waals surface area contributed by atoms with Gasteiger partial charge in [0.05, 0.1) is 33.7 Å². The molecule has 3 aromatic rings. The molecule has 2 N–H and O–H groups in total. The second-order valence-corrected chi connectivity index (χ2v) is 10.9. The van der Waals surface area contributed by atoms with Gasteiger partial charge in [0.2, 0.25) is 0 Å². The van der Waals surface area contributed by atoms with Crippen LogP contribution in [0.2, 0.25) is 10.0 Å². The summed E-state index contributed by atoms with van der Waals surface area (Å²) in [6.45, 7) is 6.13. The lowest BCUT2D eigenvalue weighted by Gasteiger charge is -2.40. The summed E-state index contributed by atoms with van der Waals surface area (Å²) in [5, 5.41) is 0.822. The number of benzene rings is 2. The smallest absolute Gasteiger partial charge is 0.358 e. The molecule has 1 atom stereocenters. The van der Waals surface area contributed by atoms with Crippen LogP contribution in [0.15, 0.2) is 36.4 Å². The van der Waals surface area contributed by atoms with E-state index >= 15 is 0 Å². The Morgan fingerprint density at radius 2 is 1.83 bits per heavy atom. The zero-order valence-electron chi connectivity index (χ0n) is 20.9. The summed E-state index contributed by atoms with van der Waals surface area (Å²) in [7, 11) is 0. The second kappa shape index (κ2) is 9.77. The first-order valence-corrected chi connectivity index (χ1v) is 13.4. The molecule has 2 aliphatic carbocycles. The van der Waals surface area contributed by atoms with Crippen molar-refractivity contribution < 1.29 is 9.53 Å². The number of ether oxygens (including phenoxy) is 1. The molecule has 36 heavy (non-hydrogen) atoms. The molecule has 1 fully saturated rings. The van der Waals surface area contributed by atoms with Crippen molar-refractivity contribution in [2.75, 3.05) is 6.61 Å². The van der Waals surface area contributed by atoms with E-state index < -0.39 is 5.97 Å². The van der Waals surface area contributed by atoms with Crippen LogP contribution in [0.1, 0.15) is 83.1 Å². The molecule has 2 aliphatic rings. The zero-order chi connectivity index (χ0) is 25.6. The first kappa shape index (κ1) is 25.2. The van der Waals surface area contributed by atoms with Gasteiger partial charge in [0.1, 0.15) is 0 Å². The van der Waals surface area contributed by atoms with E-state index in [1.807, 2.05) is 19.1 Å². The SMILES string of the molecule is CCOC(=O)c1nc(-c2cccc(Cl)c2Cl)c(C)nc1C1CCC2(CC1)Cc1c(C)cccc1[C@H]2N. The predicted molar refractivity (Wildman–Crippen MR) is 144 cm³/mol. The van der Waals surface area contributed by atoms with Crippen LogP contribution in [0.4, 0.5) is 0 Å². The number of carbonyl (C=O) groups is 1. The summed E-state index contributed by atoms with van der Waals surface area (Å²) in [5.74, 6) is -0.345. The number of nitrogens with two attached hydrogens (primary N) is 1. The number of nitrogens with zero attached hydrogens (tertiary/aromatic N) is 2. The van der Waals surface area contributed by atoms with Gasteiger partial charge in [0, 0.05) is 17.5 Å². The molecule has 2 aromatic carbocycles. The molecule has 1 saturated carbocycles. The number of halogens is 2. The summed E-state index contributed by atoms with van der Waals surface area (Å²) in [6.07, 6.45) is 4.79. The van der Waals surface area contributed by atoms with Crippen molar-refractivity contribution >= 4 is 29.2 Å². The molecule has 0 bridgehead atoms. The third-order valence-electron chi connectivity index (χ3n) is 8.11. The maximum atomic E-state index is 13.0. The van der Waals surface area contributed by atoms with Crippen LogP contribution in [0.25, 0.3) is 11.3 Å². The second-order valence-electron chi connectivity index (χ2n) is 10.1. The van der Waals surface area contributed by atoms with Gasteiger partial charge in [-0.25, -0.2) is 9.78 Å². The summed E-state index contributed by atoms with van der Waals surface area (Å²) in [4.78, 5) is 22.8. The topological polar surface area (TPSA) is 78.1 Å². The van der Waals surface area contributed by atoms with E-state index in [0.717, 1.165) is 32.1 Å². The number of fused-ring (bicyclic) bond motifs is 1. The van der Waals surface area contributed by atoms with Gasteiger partial charge in [-0.05, 0) is 81.0 Å². The van der Waals surface area contributed by atoms with E-state index in [-0.39, 0.29) is 29.7 Å². The normalized spacial score (nSPS) is 23.1. The first-order valence-electron chi connectivity index (χ1n) is 12.6. The molecule has 5 rings (SSSR count). The number of esters is 1. The van der Waals surface area contributed by atoms with Crippen LogP contribution in [0.3, 0.4) is 0 Å². The Morgan fingerprint density at radius 3 is 2.53 bits per heavy atom. The third kappa shape index (κ3) is 4.21. The van der Waals surface area contributed by atoms with Crippen molar-refractivity contribution in [1.82, 2.24) is 9.97 Å². The van der Waals surface area contributed by atoms with Crippen LogP contribution in [0.5, 0.6) is 0 Å². The van der Waals surface area contributed by atoms with E-state index in [2.05, 4.69) is 25.1 Å². The van der Waals surface area contributed by atoms with Crippen LogP contribution < -0.4 is 5.73 Å². The average Bonchev–Trinajstić information content (AvgIpc) is 3.14. The zero-order valence-corrected chi connectivity index (χ0v) is 22.4. The van der Waals surface area contributed by atoms with Crippen LogP contribution in [0, 0.1) is 19.3 Å². The molecule has 0 aliphatic heterocycles. The Morgan fingerprint density at radius 1 is 1.11 bits per heavy atom. The molecule has 0 unspecified atom stereocenters. The quantitative estimate of drug-likeness (QED) is 0.367. The standard InChI is InChI=1S/C29H31Cl2N3O2/c1-4-36-28(35)26-25(33-17(3)24(34-26)20-9-6-10-22(30)23(20)31)18-11-13-29(14-12-18)15-21-16(2)7-5-8-19(21)27(29)32/h5-10,18,27H,4,11-15,32H2,1-3H3/t18?,27-,29?/m1/s1. The molecule has 1 spiro atoms. The van der Waals surface area contributed by atoms with Crippen molar-refractivity contribution in [3.63, 3.8) is 0 Å². The van der Waals surface area contributed by atoms with Crippen LogP contribution >= 0.6 is 23.2 Å². The number of rotatable bonds is 4. The lowest BCUT2D eigenvalue weighted by Crippen LogP contribution is -2.35. The summed E-state index contributed by atoms with van der Waals surface area (Å²) < 4.78 is 5.39. The highest BCUT2D eigenvalue weighted by atomic mass is 35.5. The fourth-order valence-electron chi connectivity index (χ4n) is 6.12. The van der Waals surface area contributed by atoms with Gasteiger partial charge in [0.15, 0.2) is 5.69 Å². The van der Waals surface area contributed by atoms with Gasteiger partial charge < -0.3 is 10.5 Å². The minimum Gasteiger partial charge on any atom is -0.461 e. The fraction of sp³-hybridized carbons (Fsp3) is 0.414. The maximum absolute atomic E-state index is 13.0. The highest BCUT2D eigenvalue weighted by Gasteiger charge is 2.47. The van der Waals surface area contributed by atoms with Gasteiger partial charge in [-0.2, -0.15) is 0 Å². The molecule has 188 valence electrons. The monoisotopic (exact) mass is 523 g/mol. The molecule has 0 amide bonds. The van der Waals surface area contributed by atoms with Crippen molar-refractivity contribution in [2.45, 2.75) is 64.8 Å². The van der Waals surface area contributed by atoms with Crippen molar-refractivity contribution in [1.29, 1.82) is 0 Å². The molecular weight excluding hydrogens is 493 g/mol. The Bertz CT molecular complexity index is 1330. The molecule has 5 nitrogen and oxygen atoms in total. The highest BCUT2D eigenvalue weighted by Crippen LogP contribution is 2.56. The lowest BCUT2D eigenvalue weighted by molar-refractivity contribution is 0.0515. The van der Waals surface area contributed by atoms with E-state index in [4.69, 9.17) is 43.6 Å². The minimum absolute atomic E-state index is 0.0399. The molecule has 1 aromatic heterocycles. The molecule has 0 radical (unpaired) electrons. The number of carbonyl (C=O) groups excluding carboxylic acids is 1. The summed E-state index contributed by atoms with van der Waals surface area (Å²) >= 11 is 12.7. The lowest BCUT2D eigenvalue weighted by atomic mass is 9.66. The van der Waals surface area contributed by atoms with Gasteiger partial charge in [-0.3, -0.25) is 4.98 Å². The Labute approximate surface area is 222 Å². The van der Waals surface area contributed by atoms with Crippen LogP contribution in [-0.4, -0.2) is 22.5 Å². The van der Waals surface area contributed by atoms with E-state index in [0.29, 0.717) is 32.7 Å². The van der Waals surface area contributed by atoms with Crippen molar-refractivity contribution in [3.8, 4) is 11.3 Å². The minimum atomic E-state index is -0.458. The van der Waals surface area contributed by atoms with Gasteiger partial charge >= 0.3 is 5.97 Å². The summed E-state index contributed by atoms with van der Waals surface area (Å²) in [5.41, 5.74) is 13.8. The largest absolute Gasteiger partial charge is 0.461 e. The Hall–Kier alpha value is -2.47. The average molecular weight is 524 g/mol. The van der Waals surface area contributed by atoms with Gasteiger partial charge in [-0.15, -0.1) is 0 Å². The summed E-state index contributed by atoms with van der Waals surface area (Å²) in [6, 6.07) is 11.9. The molecule has 0 saturated heterocycles. The molecule has 1 heterocycles. The maximum Gasteiger partial charge on any atom is 0.358 e. The Balaban J connectivity index is 1.48. The van der Waals surface area contributed by atoms with Crippen LogP contribution in [-0.2, 0) is 11.2 Å². The Kier molecular flexibility index (Phi) is 6.84. The van der Waals surface area contributed by atoms with Crippen molar-refractivity contribution in [3.05, 3.63) is 80.2 Å². The number of aryl methyl sites for hydroxylation is 2. The predicted octanol–water partition coefficient (Wildman–Crippen LogP) is 7.14. The first-order chi connectivity index (χ1) is 17.3. The number of hydrogen-bond acceptors (Lipinski definition) is 5. The van der Waals surface area contributed by atoms with E-state index in [1.165, 1.54) is 16.7 Å². The molecular formula is C29H31Cl2N3O2. The fourth-order valence-corrected chi connectivity index (χ4v) is 6.51. The van der Waals surface area contributed by atoms with Gasteiger partial charge in [-0.1, -0.05) is 53.5 Å². The van der Waals surface area contributed by atoms with E-state index in [1.54, 1.807) is 13.0 Å². The highest BCUT2D eigenvalue weighted by molar-refractivity contribution is 6.43. The number of aromatic nitrogens is 2. The molecule has 7 heteroatoms. The van der Waals surface area contributed by atoms with Crippen molar-refractivity contribution in [2.24, 2.45) is 11.1 Å². The van der Waals surface area contributed by atoms with Gasteiger partial charge in [0.25, 0.3) is 0 Å². The third-order valence-corrected chi connectivity index (χ3v) is 8.93.